The molecule has 0 aliphatic carbocycles. The van der Waals surface area contributed by atoms with Gasteiger partial charge < -0.3 is 141 Å². The Morgan fingerprint density at radius 3 is 1.08 bits per heavy atom. The third-order valence-corrected chi connectivity index (χ3v) is 18.2. The molecule has 0 saturated carbocycles. The van der Waals surface area contributed by atoms with Gasteiger partial charge in [0, 0.05) is 52.4 Å². The predicted octanol–water partition coefficient (Wildman–Crippen LogP) is -14.0. The number of nitrogens with zero attached hydrogens (tertiary/aromatic N) is 6. The van der Waals surface area contributed by atoms with E-state index >= 15 is 0 Å². The number of hydrogen-bond donors (Lipinski definition) is 24. The molecule has 0 bridgehead atoms. The highest BCUT2D eigenvalue weighted by Crippen LogP contribution is 2.61. The van der Waals surface area contributed by atoms with E-state index in [0.29, 0.717) is 0 Å². The molecular weight excluding hydrogens is 1380 g/mol. The highest BCUT2D eigenvalue weighted by molar-refractivity contribution is 7.70. The van der Waals surface area contributed by atoms with Crippen molar-refractivity contribution in [3.8, 4) is 0 Å². The number of hydrogen-bond acceptors (Lipinski definition) is 32. The lowest BCUT2D eigenvalue weighted by atomic mass is 9.94. The molecular formula is C49H85N9O38P2. The summed E-state index contributed by atoms with van der Waals surface area (Å²) in [5, 5.41) is 178. The lowest BCUT2D eigenvalue weighted by Crippen LogP contribution is -2.70. The summed E-state index contributed by atoms with van der Waals surface area (Å²) in [6.07, 6.45) is -27.2. The molecule has 564 valence electrons. The van der Waals surface area contributed by atoms with Crippen molar-refractivity contribution in [1.29, 1.82) is 0 Å². The number of carboxylic acids is 8. The SMILES string of the molecule is O=C(O)CN(CCN(CC(=O)O)CC(=O)O)CCN(CC(=O)O)CC(=O)NC1[C@H](O[C@@H]2C(CO)O[C@@H](O[C@H](C(O)CO)[C@@H](O)C(CO)NC(=O)CC(P(=O)(O)O)P(=O)(O)O)C(NC(=O)CN(CCN(CCN(CC(=O)O)CC(=O)O)CC(=O)O)CC(=O)O)[C@@H]2O)OC(CO)[C@@H](O)[C@H]1O. The van der Waals surface area contributed by atoms with Gasteiger partial charge in [-0.05, 0) is 0 Å². The van der Waals surface area contributed by atoms with E-state index in [2.05, 4.69) is 10.6 Å². The molecule has 49 heteroatoms. The summed E-state index contributed by atoms with van der Waals surface area (Å²) in [6.45, 7) is -17.6. The van der Waals surface area contributed by atoms with E-state index in [9.17, 15) is 168 Å². The minimum Gasteiger partial charge on any atom is -0.480 e. The van der Waals surface area contributed by atoms with Gasteiger partial charge >= 0.3 is 62.9 Å². The van der Waals surface area contributed by atoms with Gasteiger partial charge in [-0.3, -0.25) is 91.3 Å². The zero-order valence-electron chi connectivity index (χ0n) is 51.8. The number of rotatable bonds is 50. The van der Waals surface area contributed by atoms with Crippen molar-refractivity contribution in [2.24, 2.45) is 0 Å². The van der Waals surface area contributed by atoms with Gasteiger partial charge in [0.15, 0.2) is 18.0 Å². The first kappa shape index (κ1) is 87.8. The van der Waals surface area contributed by atoms with E-state index < -0.39 is 290 Å². The average Bonchev–Trinajstić information content (AvgIpc) is 0.777. The first-order chi connectivity index (χ1) is 45.5. The molecule has 0 aromatic rings. The standard InChI is InChI=1S/C49H85N9O38P2/c59-20-24(50-28(64)9-39(97(87,88)89)98(90,91)92)42(83)46(25(63)21-60)95-49-41(52-30(66)11-56(15-34(73)74)6-2-54(13-32(69)70)4-8-58(18-37(79)80)19-38(81)82)45(86)47(27(23-62)94-49)96-48-40(44(85)43(84)26(22-61)93-48)51-29(65)10-55(14-33(71)72)5-1-53(12-31(67)68)3-7-57(16-35(75)76)17-36(77)78/h24-27,39-49,59-63,83-86H,1-23H2,(H,50,64)(H,51,65)(H,52,66)(H,67,68)(H,69,70)(H,71,72)(H,73,74)(H,75,76)(H,77,78)(H,79,80)(H,81,82)(H2,87,88,89)(H2,90,91,92)/t24?,25?,26?,27?,40?,41?,42-,43+,44-,45-,46+,47+,48-,49-/m0/s1. The maximum Gasteiger partial charge on any atom is 0.341 e. The number of ether oxygens (including phenoxy) is 4. The monoisotopic (exact) mass is 1470 g/mol. The summed E-state index contributed by atoms with van der Waals surface area (Å²) in [5.74, 6) is -16.2. The molecule has 0 radical (unpaired) electrons. The molecule has 47 nitrogen and oxygen atoms in total. The highest BCUT2D eigenvalue weighted by Gasteiger charge is 2.54. The Labute approximate surface area is 553 Å². The summed E-state index contributed by atoms with van der Waals surface area (Å²) < 4.78 is 47.3. The second kappa shape index (κ2) is 42.1. The molecule has 6 unspecified atom stereocenters. The van der Waals surface area contributed by atoms with Crippen LogP contribution in [0.25, 0.3) is 0 Å². The van der Waals surface area contributed by atoms with E-state index in [-0.39, 0.29) is 32.7 Å². The van der Waals surface area contributed by atoms with E-state index in [4.69, 9.17) is 18.9 Å². The minimum absolute atomic E-state index is 0.316. The van der Waals surface area contributed by atoms with Gasteiger partial charge in [-0.2, -0.15) is 0 Å². The Morgan fingerprint density at radius 2 is 0.755 bits per heavy atom. The summed E-state index contributed by atoms with van der Waals surface area (Å²) >= 11 is 0. The van der Waals surface area contributed by atoms with Gasteiger partial charge in [-0.1, -0.05) is 0 Å². The highest BCUT2D eigenvalue weighted by atomic mass is 31.2. The van der Waals surface area contributed by atoms with E-state index in [1.807, 2.05) is 0 Å². The lowest BCUT2D eigenvalue weighted by Gasteiger charge is -2.49. The van der Waals surface area contributed by atoms with Gasteiger partial charge in [0.25, 0.3) is 0 Å². The van der Waals surface area contributed by atoms with Crippen molar-refractivity contribution in [3.63, 3.8) is 0 Å². The Bertz CT molecular complexity index is 2700. The third kappa shape index (κ3) is 31.5. The van der Waals surface area contributed by atoms with Crippen LogP contribution in [0.1, 0.15) is 6.42 Å². The van der Waals surface area contributed by atoms with Crippen LogP contribution in [0.2, 0.25) is 0 Å². The van der Waals surface area contributed by atoms with E-state index in [1.165, 1.54) is 0 Å². The predicted molar refractivity (Wildman–Crippen MR) is 313 cm³/mol. The number of nitrogens with one attached hydrogen (secondary N) is 3. The molecule has 0 spiro atoms. The topological polar surface area (TPSA) is 739 Å². The summed E-state index contributed by atoms with van der Waals surface area (Å²) in [5.41, 5.74) is 0. The normalized spacial score (nSPS) is 22.8. The fraction of sp³-hybridized carbons (Fsp3) is 0.776. The van der Waals surface area contributed by atoms with Crippen molar-refractivity contribution < 1.29 is 187 Å². The van der Waals surface area contributed by atoms with Gasteiger partial charge in [0.2, 0.25) is 17.7 Å². The first-order valence-electron chi connectivity index (χ1n) is 29.1. The maximum atomic E-state index is 14.3. The van der Waals surface area contributed by atoms with Crippen LogP contribution < -0.4 is 16.0 Å². The molecule has 2 fully saturated rings. The van der Waals surface area contributed by atoms with Crippen molar-refractivity contribution in [2.45, 2.75) is 97.5 Å². The second-order valence-electron chi connectivity index (χ2n) is 22.3. The summed E-state index contributed by atoms with van der Waals surface area (Å²) in [4.78, 5) is 179. The molecule has 2 saturated heterocycles. The summed E-state index contributed by atoms with van der Waals surface area (Å²) in [6, 6.07) is -6.67. The Kier molecular flexibility index (Phi) is 37.7. The number of carbonyl (C=O) groups excluding carboxylic acids is 3. The fourth-order valence-corrected chi connectivity index (χ4v) is 12.3. The van der Waals surface area contributed by atoms with Gasteiger partial charge in [-0.25, -0.2) is 0 Å². The number of aliphatic hydroxyl groups excluding tert-OH is 9. The Morgan fingerprint density at radius 1 is 0.429 bits per heavy atom. The number of amides is 3. The number of aliphatic hydroxyl groups is 9. The quantitative estimate of drug-likeness (QED) is 0.0252. The van der Waals surface area contributed by atoms with Crippen LogP contribution >= 0.6 is 15.2 Å². The van der Waals surface area contributed by atoms with Gasteiger partial charge in [0.05, 0.1) is 104 Å². The average molecular weight is 1470 g/mol. The molecule has 2 heterocycles. The van der Waals surface area contributed by atoms with Crippen LogP contribution in [0.4, 0.5) is 0 Å². The van der Waals surface area contributed by atoms with Crippen molar-refractivity contribution in [3.05, 3.63) is 0 Å². The van der Waals surface area contributed by atoms with Crippen molar-refractivity contribution in [2.75, 3.05) is 144 Å². The van der Waals surface area contributed by atoms with Crippen LogP contribution in [-0.4, -0.2) is 437 Å². The van der Waals surface area contributed by atoms with Crippen LogP contribution in [0.15, 0.2) is 0 Å². The van der Waals surface area contributed by atoms with Gasteiger partial charge in [-0.15, -0.1) is 0 Å². The molecule has 2 aliphatic rings. The fourth-order valence-electron chi connectivity index (χ4n) is 9.93. The Hall–Kier alpha value is -6.29. The van der Waals surface area contributed by atoms with Crippen molar-refractivity contribution in [1.82, 2.24) is 45.3 Å². The zero-order chi connectivity index (χ0) is 74.7. The molecule has 14 atom stereocenters. The molecule has 98 heavy (non-hydrogen) atoms. The Balaban J connectivity index is 2.76. The second-order valence-corrected chi connectivity index (χ2v) is 26.3. The molecule has 0 aromatic carbocycles. The van der Waals surface area contributed by atoms with Crippen LogP contribution in [0.3, 0.4) is 0 Å². The minimum atomic E-state index is -5.80. The van der Waals surface area contributed by atoms with E-state index in [1.54, 1.807) is 5.32 Å². The number of aliphatic carboxylic acids is 8. The molecule has 2 rings (SSSR count). The van der Waals surface area contributed by atoms with Crippen LogP contribution in [-0.2, 0) is 80.8 Å². The third-order valence-electron chi connectivity index (χ3n) is 14.5. The lowest BCUT2D eigenvalue weighted by molar-refractivity contribution is -0.341. The smallest absolute Gasteiger partial charge is 0.341 e. The molecule has 24 N–H and O–H groups in total. The molecule has 2 aliphatic heterocycles. The molecule has 3 amide bonds. The number of carbonyl (C=O) groups is 11. The summed E-state index contributed by atoms with van der Waals surface area (Å²) in [7, 11) is -11.6. The van der Waals surface area contributed by atoms with Crippen LogP contribution in [0.5, 0.6) is 0 Å². The van der Waals surface area contributed by atoms with E-state index in [0.717, 1.165) is 29.4 Å². The van der Waals surface area contributed by atoms with Crippen molar-refractivity contribution >= 4 is 80.7 Å². The number of carboxylic acid groups (broad SMARTS) is 8. The zero-order valence-corrected chi connectivity index (χ0v) is 53.6. The maximum absolute atomic E-state index is 14.3. The largest absolute Gasteiger partial charge is 0.480 e. The van der Waals surface area contributed by atoms with Gasteiger partial charge in [0.1, 0.15) is 67.0 Å². The first-order valence-corrected chi connectivity index (χ1v) is 32.4. The van der Waals surface area contributed by atoms with Crippen LogP contribution in [0, 0.1) is 0 Å². The molecule has 0 aromatic heterocycles.